The first-order valence-corrected chi connectivity index (χ1v) is 6.30. The fraction of sp³-hybridized carbons (Fsp3) is 0.769. The van der Waals surface area contributed by atoms with E-state index in [1.54, 1.807) is 0 Å². The summed E-state index contributed by atoms with van der Waals surface area (Å²) in [5.74, 6) is 0.895. The minimum absolute atomic E-state index is 0.895. The van der Waals surface area contributed by atoms with E-state index in [4.69, 9.17) is 0 Å². The van der Waals surface area contributed by atoms with Crippen LogP contribution in [0.15, 0.2) is 17.4 Å². The van der Waals surface area contributed by atoms with Crippen molar-refractivity contribution in [1.29, 1.82) is 0 Å². The third-order valence-corrected chi connectivity index (χ3v) is 3.10. The maximum atomic E-state index is 4.39. The highest BCUT2D eigenvalue weighted by Gasteiger charge is 2.13. The predicted octanol–water partition coefficient (Wildman–Crippen LogP) is 2.26. The standard InChI is InChI=1S/C13H25N3/c1-12-5-4-9-16(10-6-12)11-13(2)15-8-7-14-3/h7-8,12,14H,4-6,9-11H2,1-3H3/b8-7-,15-13?. The lowest BCUT2D eigenvalue weighted by Crippen LogP contribution is -2.29. The van der Waals surface area contributed by atoms with E-state index in [9.17, 15) is 0 Å². The van der Waals surface area contributed by atoms with E-state index >= 15 is 0 Å². The topological polar surface area (TPSA) is 27.6 Å². The van der Waals surface area contributed by atoms with Crippen molar-refractivity contribution in [2.75, 3.05) is 26.7 Å². The molecule has 16 heavy (non-hydrogen) atoms. The Bertz CT molecular complexity index is 246. The summed E-state index contributed by atoms with van der Waals surface area (Å²) in [7, 11) is 1.89. The van der Waals surface area contributed by atoms with Gasteiger partial charge in [-0.2, -0.15) is 0 Å². The van der Waals surface area contributed by atoms with Crippen LogP contribution >= 0.6 is 0 Å². The molecule has 0 aromatic carbocycles. The summed E-state index contributed by atoms with van der Waals surface area (Å²) < 4.78 is 0. The average Bonchev–Trinajstić information content (AvgIpc) is 2.44. The van der Waals surface area contributed by atoms with Crippen LogP contribution in [0, 0.1) is 5.92 Å². The van der Waals surface area contributed by atoms with Crippen molar-refractivity contribution in [3.05, 3.63) is 12.4 Å². The first-order valence-electron chi connectivity index (χ1n) is 6.30. The van der Waals surface area contributed by atoms with Gasteiger partial charge in [-0.1, -0.05) is 6.92 Å². The van der Waals surface area contributed by atoms with Gasteiger partial charge in [-0.3, -0.25) is 9.89 Å². The van der Waals surface area contributed by atoms with Gasteiger partial charge in [0.05, 0.1) is 0 Å². The largest absolute Gasteiger partial charge is 0.393 e. The van der Waals surface area contributed by atoms with Crippen LogP contribution in [0.25, 0.3) is 0 Å². The Labute approximate surface area is 99.6 Å². The van der Waals surface area contributed by atoms with Crippen molar-refractivity contribution < 1.29 is 0 Å². The molecule has 3 nitrogen and oxygen atoms in total. The van der Waals surface area contributed by atoms with Crippen LogP contribution in [0.3, 0.4) is 0 Å². The van der Waals surface area contributed by atoms with Crippen molar-refractivity contribution in [2.24, 2.45) is 10.9 Å². The Morgan fingerprint density at radius 3 is 3.00 bits per heavy atom. The Balaban J connectivity index is 2.35. The monoisotopic (exact) mass is 223 g/mol. The molecular weight excluding hydrogens is 198 g/mol. The number of hydrogen-bond donors (Lipinski definition) is 1. The fourth-order valence-corrected chi connectivity index (χ4v) is 2.08. The van der Waals surface area contributed by atoms with Gasteiger partial charge in [-0.15, -0.1) is 0 Å². The smallest absolute Gasteiger partial charge is 0.0424 e. The third-order valence-electron chi connectivity index (χ3n) is 3.10. The van der Waals surface area contributed by atoms with Crippen LogP contribution < -0.4 is 5.32 Å². The van der Waals surface area contributed by atoms with E-state index < -0.39 is 0 Å². The van der Waals surface area contributed by atoms with Crippen LogP contribution in [-0.2, 0) is 0 Å². The molecule has 1 aliphatic heterocycles. The summed E-state index contributed by atoms with van der Waals surface area (Å²) in [6, 6.07) is 0. The van der Waals surface area contributed by atoms with Gasteiger partial charge in [0, 0.05) is 31.7 Å². The SMILES string of the molecule is CN/C=C\N=C(C)CN1CCCC(C)CC1. The number of nitrogens with one attached hydrogen (secondary N) is 1. The van der Waals surface area contributed by atoms with Crippen LogP contribution in [0.5, 0.6) is 0 Å². The first kappa shape index (κ1) is 13.2. The lowest BCUT2D eigenvalue weighted by Gasteiger charge is -2.19. The summed E-state index contributed by atoms with van der Waals surface area (Å²) in [4.78, 5) is 6.91. The quantitative estimate of drug-likeness (QED) is 0.740. The highest BCUT2D eigenvalue weighted by Crippen LogP contribution is 2.16. The molecule has 1 fully saturated rings. The zero-order valence-electron chi connectivity index (χ0n) is 10.9. The molecule has 0 aliphatic carbocycles. The molecule has 0 saturated carbocycles. The number of nitrogens with zero attached hydrogens (tertiary/aromatic N) is 2. The summed E-state index contributed by atoms with van der Waals surface area (Å²) in [6.45, 7) is 7.94. The van der Waals surface area contributed by atoms with Crippen molar-refractivity contribution in [1.82, 2.24) is 10.2 Å². The number of hydrogen-bond acceptors (Lipinski definition) is 3. The van der Waals surface area contributed by atoms with Gasteiger partial charge in [-0.05, 0) is 45.2 Å². The van der Waals surface area contributed by atoms with Gasteiger partial charge in [0.15, 0.2) is 0 Å². The average molecular weight is 223 g/mol. The molecule has 0 bridgehead atoms. The van der Waals surface area contributed by atoms with E-state index in [1.165, 1.54) is 38.1 Å². The van der Waals surface area contributed by atoms with Gasteiger partial charge in [-0.25, -0.2) is 0 Å². The minimum atomic E-state index is 0.895. The normalized spacial score (nSPS) is 24.7. The van der Waals surface area contributed by atoms with E-state index in [2.05, 4.69) is 29.1 Å². The molecular formula is C13H25N3. The van der Waals surface area contributed by atoms with Crippen LogP contribution in [0.4, 0.5) is 0 Å². The van der Waals surface area contributed by atoms with Gasteiger partial charge >= 0.3 is 0 Å². The van der Waals surface area contributed by atoms with Gasteiger partial charge in [0.2, 0.25) is 0 Å². The van der Waals surface area contributed by atoms with Gasteiger partial charge < -0.3 is 5.32 Å². The molecule has 92 valence electrons. The molecule has 0 aromatic heterocycles. The molecule has 1 unspecified atom stereocenters. The number of aliphatic imine (C=N–C) groups is 1. The number of likely N-dealkylation sites (tertiary alicyclic amines) is 1. The summed E-state index contributed by atoms with van der Waals surface area (Å²) in [5.41, 5.74) is 1.20. The second kappa shape index (κ2) is 7.44. The molecule has 0 radical (unpaired) electrons. The lowest BCUT2D eigenvalue weighted by molar-refractivity contribution is 0.320. The maximum Gasteiger partial charge on any atom is 0.0424 e. The Morgan fingerprint density at radius 2 is 2.25 bits per heavy atom. The van der Waals surface area contributed by atoms with Crippen molar-refractivity contribution in [2.45, 2.75) is 33.1 Å². The molecule has 0 aromatic rings. The van der Waals surface area contributed by atoms with Crippen molar-refractivity contribution >= 4 is 5.71 Å². The minimum Gasteiger partial charge on any atom is -0.393 e. The zero-order chi connectivity index (χ0) is 11.8. The molecule has 1 aliphatic rings. The molecule has 1 atom stereocenters. The molecule has 1 heterocycles. The maximum absolute atomic E-state index is 4.39. The van der Waals surface area contributed by atoms with E-state index in [0.29, 0.717) is 0 Å². The molecule has 1 saturated heterocycles. The summed E-state index contributed by atoms with van der Waals surface area (Å²) in [5, 5.41) is 2.94. The summed E-state index contributed by atoms with van der Waals surface area (Å²) in [6.07, 6.45) is 7.73. The van der Waals surface area contributed by atoms with E-state index in [1.807, 2.05) is 19.4 Å². The number of rotatable bonds is 4. The highest BCUT2D eigenvalue weighted by molar-refractivity contribution is 5.84. The Kier molecular flexibility index (Phi) is 6.16. The Morgan fingerprint density at radius 1 is 1.44 bits per heavy atom. The van der Waals surface area contributed by atoms with Crippen LogP contribution in [0.1, 0.15) is 33.1 Å². The van der Waals surface area contributed by atoms with E-state index in [0.717, 1.165) is 12.5 Å². The second-order valence-corrected chi connectivity index (χ2v) is 4.78. The van der Waals surface area contributed by atoms with Crippen LogP contribution in [-0.4, -0.2) is 37.3 Å². The van der Waals surface area contributed by atoms with Crippen molar-refractivity contribution in [3.63, 3.8) is 0 Å². The zero-order valence-corrected chi connectivity index (χ0v) is 10.9. The van der Waals surface area contributed by atoms with Crippen LogP contribution in [0.2, 0.25) is 0 Å². The van der Waals surface area contributed by atoms with Crippen molar-refractivity contribution in [3.8, 4) is 0 Å². The summed E-state index contributed by atoms with van der Waals surface area (Å²) >= 11 is 0. The lowest BCUT2D eigenvalue weighted by atomic mass is 10.0. The highest BCUT2D eigenvalue weighted by atomic mass is 15.1. The predicted molar refractivity (Wildman–Crippen MR) is 70.8 cm³/mol. The molecule has 0 spiro atoms. The fourth-order valence-electron chi connectivity index (χ4n) is 2.08. The van der Waals surface area contributed by atoms with Gasteiger partial charge in [0.1, 0.15) is 0 Å². The molecule has 3 heteroatoms. The second-order valence-electron chi connectivity index (χ2n) is 4.78. The van der Waals surface area contributed by atoms with Gasteiger partial charge in [0.25, 0.3) is 0 Å². The molecule has 0 amide bonds. The first-order chi connectivity index (χ1) is 7.72. The van der Waals surface area contributed by atoms with E-state index in [-0.39, 0.29) is 0 Å². The molecule has 1 rings (SSSR count). The Hall–Kier alpha value is -0.830. The third kappa shape index (κ3) is 5.31. The molecule has 1 N–H and O–H groups in total.